The first-order chi connectivity index (χ1) is 11.8. The molecule has 0 bridgehead atoms. The lowest BCUT2D eigenvalue weighted by Gasteiger charge is -2.19. The SMILES string of the molecule is CC(C)(C)S(=O)(=O)NCCCCCNc1nnc(-c2ccccc2)s1. The second kappa shape index (κ2) is 8.73. The Balaban J connectivity index is 1.63. The average molecular weight is 383 g/mol. The van der Waals surface area contributed by atoms with Gasteiger partial charge in [0.2, 0.25) is 15.2 Å². The molecule has 0 spiro atoms. The van der Waals surface area contributed by atoms with Gasteiger partial charge >= 0.3 is 0 Å². The van der Waals surface area contributed by atoms with Crippen LogP contribution in [0, 0.1) is 0 Å². The molecule has 0 radical (unpaired) electrons. The summed E-state index contributed by atoms with van der Waals surface area (Å²) in [5.74, 6) is 0. The van der Waals surface area contributed by atoms with E-state index in [4.69, 9.17) is 0 Å². The number of aromatic nitrogens is 2. The number of unbranched alkanes of at least 4 members (excludes halogenated alkanes) is 2. The molecule has 0 fully saturated rings. The van der Waals surface area contributed by atoms with Gasteiger partial charge < -0.3 is 5.32 Å². The molecule has 0 amide bonds. The molecule has 6 nitrogen and oxygen atoms in total. The van der Waals surface area contributed by atoms with E-state index < -0.39 is 14.8 Å². The Labute approximate surface area is 154 Å². The standard InChI is InChI=1S/C17H26N4O2S2/c1-17(2,3)25(22,23)19-13-9-5-8-12-18-16-21-20-15(24-16)14-10-6-4-7-11-14/h4,6-7,10-11,19H,5,8-9,12-13H2,1-3H3,(H,18,21). The molecule has 138 valence electrons. The smallest absolute Gasteiger partial charge is 0.216 e. The van der Waals surface area contributed by atoms with E-state index in [9.17, 15) is 8.42 Å². The van der Waals surface area contributed by atoms with Crippen molar-refractivity contribution in [1.29, 1.82) is 0 Å². The Hall–Kier alpha value is -1.51. The van der Waals surface area contributed by atoms with E-state index in [2.05, 4.69) is 20.2 Å². The number of hydrogen-bond acceptors (Lipinski definition) is 6. The van der Waals surface area contributed by atoms with Crippen molar-refractivity contribution < 1.29 is 8.42 Å². The van der Waals surface area contributed by atoms with Gasteiger partial charge in [-0.3, -0.25) is 0 Å². The van der Waals surface area contributed by atoms with E-state index >= 15 is 0 Å². The predicted molar refractivity (Wildman–Crippen MR) is 104 cm³/mol. The van der Waals surface area contributed by atoms with Crippen molar-refractivity contribution in [3.05, 3.63) is 30.3 Å². The summed E-state index contributed by atoms with van der Waals surface area (Å²) in [7, 11) is -3.24. The molecule has 0 aliphatic heterocycles. The number of nitrogens with zero attached hydrogens (tertiary/aromatic N) is 2. The normalized spacial score (nSPS) is 12.3. The third kappa shape index (κ3) is 6.05. The van der Waals surface area contributed by atoms with Gasteiger partial charge in [0.15, 0.2) is 0 Å². The minimum atomic E-state index is -3.24. The first-order valence-corrected chi connectivity index (χ1v) is 10.7. The van der Waals surface area contributed by atoms with Crippen LogP contribution in [0.2, 0.25) is 0 Å². The van der Waals surface area contributed by atoms with Crippen molar-refractivity contribution in [2.45, 2.75) is 44.8 Å². The zero-order chi connectivity index (χ0) is 18.3. The monoisotopic (exact) mass is 382 g/mol. The first kappa shape index (κ1) is 19.8. The van der Waals surface area contributed by atoms with Gasteiger partial charge in [0.1, 0.15) is 5.01 Å². The van der Waals surface area contributed by atoms with E-state index in [-0.39, 0.29) is 0 Å². The molecule has 2 N–H and O–H groups in total. The molecule has 0 aliphatic rings. The molecule has 0 aliphatic carbocycles. The highest BCUT2D eigenvalue weighted by Crippen LogP contribution is 2.25. The van der Waals surface area contributed by atoms with Crippen LogP contribution in [-0.2, 0) is 10.0 Å². The van der Waals surface area contributed by atoms with Gasteiger partial charge in [-0.2, -0.15) is 0 Å². The fourth-order valence-corrected chi connectivity index (χ4v) is 3.66. The van der Waals surface area contributed by atoms with Crippen LogP contribution in [0.15, 0.2) is 30.3 Å². The molecule has 1 heterocycles. The number of rotatable bonds is 9. The third-order valence-corrected chi connectivity index (χ3v) is 6.80. The van der Waals surface area contributed by atoms with Crippen molar-refractivity contribution in [2.24, 2.45) is 0 Å². The summed E-state index contributed by atoms with van der Waals surface area (Å²) in [5, 5.41) is 13.3. The molecule has 2 rings (SSSR count). The molecule has 8 heteroatoms. The highest BCUT2D eigenvalue weighted by Gasteiger charge is 2.27. The molecule has 2 aromatic rings. The van der Waals surface area contributed by atoms with Crippen LogP contribution in [0.1, 0.15) is 40.0 Å². The molecular formula is C17H26N4O2S2. The molecule has 0 saturated carbocycles. The maximum absolute atomic E-state index is 11.9. The number of hydrogen-bond donors (Lipinski definition) is 2. The molecule has 1 aromatic carbocycles. The maximum Gasteiger partial charge on any atom is 0.216 e. The van der Waals surface area contributed by atoms with Crippen LogP contribution in [0.25, 0.3) is 10.6 Å². The zero-order valence-corrected chi connectivity index (χ0v) is 16.6. The highest BCUT2D eigenvalue weighted by atomic mass is 32.2. The van der Waals surface area contributed by atoms with Crippen molar-refractivity contribution in [2.75, 3.05) is 18.4 Å². The van der Waals surface area contributed by atoms with E-state index in [1.807, 2.05) is 30.3 Å². The number of sulfonamides is 1. The fourth-order valence-electron chi connectivity index (χ4n) is 2.04. The lowest BCUT2D eigenvalue weighted by Crippen LogP contribution is -2.39. The van der Waals surface area contributed by atoms with E-state index in [0.717, 1.165) is 41.5 Å². The fraction of sp³-hybridized carbons (Fsp3) is 0.529. The number of anilines is 1. The molecule has 1 aromatic heterocycles. The second-order valence-corrected chi connectivity index (χ2v) is 10.3. The van der Waals surface area contributed by atoms with Crippen molar-refractivity contribution in [3.63, 3.8) is 0 Å². The highest BCUT2D eigenvalue weighted by molar-refractivity contribution is 7.90. The minimum absolute atomic E-state index is 0.483. The second-order valence-electron chi connectivity index (χ2n) is 6.78. The summed E-state index contributed by atoms with van der Waals surface area (Å²) in [4.78, 5) is 0. The molecule has 0 atom stereocenters. The topological polar surface area (TPSA) is 84.0 Å². The van der Waals surface area contributed by atoms with Crippen molar-refractivity contribution >= 4 is 26.5 Å². The largest absolute Gasteiger partial charge is 0.360 e. The van der Waals surface area contributed by atoms with Gasteiger partial charge in [-0.25, -0.2) is 13.1 Å². The van der Waals surface area contributed by atoms with Crippen molar-refractivity contribution in [1.82, 2.24) is 14.9 Å². The Bertz CT molecular complexity index is 752. The molecule has 0 saturated heterocycles. The molecule has 25 heavy (non-hydrogen) atoms. The number of nitrogens with one attached hydrogen (secondary N) is 2. The molecular weight excluding hydrogens is 356 g/mol. The Kier molecular flexibility index (Phi) is 6.92. The summed E-state index contributed by atoms with van der Waals surface area (Å²) in [6, 6.07) is 9.98. The minimum Gasteiger partial charge on any atom is -0.360 e. The summed E-state index contributed by atoms with van der Waals surface area (Å²) in [6.07, 6.45) is 2.73. The summed E-state index contributed by atoms with van der Waals surface area (Å²) < 4.78 is 25.7. The van der Waals surface area contributed by atoms with E-state index in [0.29, 0.717) is 6.54 Å². The maximum atomic E-state index is 11.9. The van der Waals surface area contributed by atoms with Crippen LogP contribution < -0.4 is 10.0 Å². The lowest BCUT2D eigenvalue weighted by atomic mass is 10.2. The van der Waals surface area contributed by atoms with Crippen molar-refractivity contribution in [3.8, 4) is 10.6 Å². The zero-order valence-electron chi connectivity index (χ0n) is 14.9. The van der Waals surface area contributed by atoms with Crippen LogP contribution >= 0.6 is 11.3 Å². The van der Waals surface area contributed by atoms with E-state index in [1.54, 1.807) is 20.8 Å². The Morgan fingerprint density at radius 1 is 1.00 bits per heavy atom. The summed E-state index contributed by atoms with van der Waals surface area (Å²) in [5.41, 5.74) is 1.07. The third-order valence-electron chi connectivity index (χ3n) is 3.67. The van der Waals surface area contributed by atoms with Gasteiger partial charge in [-0.05, 0) is 33.6 Å². The predicted octanol–water partition coefficient (Wildman–Crippen LogP) is 3.51. The van der Waals surface area contributed by atoms with Crippen LogP contribution in [-0.4, -0.2) is 36.5 Å². The van der Waals surface area contributed by atoms with Crippen LogP contribution in [0.4, 0.5) is 5.13 Å². The Morgan fingerprint density at radius 2 is 1.68 bits per heavy atom. The molecule has 0 unspecified atom stereocenters. The van der Waals surface area contributed by atoms with Gasteiger partial charge in [0, 0.05) is 18.7 Å². The number of benzene rings is 1. The van der Waals surface area contributed by atoms with E-state index in [1.165, 1.54) is 11.3 Å². The van der Waals surface area contributed by atoms with Crippen LogP contribution in [0.3, 0.4) is 0 Å². The summed E-state index contributed by atoms with van der Waals surface area (Å²) in [6.45, 7) is 6.38. The van der Waals surface area contributed by atoms with Gasteiger partial charge in [0.25, 0.3) is 0 Å². The summed E-state index contributed by atoms with van der Waals surface area (Å²) >= 11 is 1.54. The van der Waals surface area contributed by atoms with Gasteiger partial charge in [-0.15, -0.1) is 10.2 Å². The van der Waals surface area contributed by atoms with Gasteiger partial charge in [-0.1, -0.05) is 48.1 Å². The van der Waals surface area contributed by atoms with Gasteiger partial charge in [0.05, 0.1) is 4.75 Å². The lowest BCUT2D eigenvalue weighted by molar-refractivity contribution is 0.540. The van der Waals surface area contributed by atoms with Crippen LogP contribution in [0.5, 0.6) is 0 Å². The first-order valence-electron chi connectivity index (χ1n) is 8.41. The quantitative estimate of drug-likeness (QED) is 0.649. The average Bonchev–Trinajstić information content (AvgIpc) is 3.02. The Morgan fingerprint density at radius 3 is 2.36 bits per heavy atom.